The van der Waals surface area contributed by atoms with Crippen molar-refractivity contribution in [3.8, 4) is 11.4 Å². The van der Waals surface area contributed by atoms with E-state index < -0.39 is 0 Å². The first kappa shape index (κ1) is 16.6. The number of hydrogen-bond acceptors (Lipinski definition) is 4. The maximum atomic E-state index is 5.49. The minimum atomic E-state index is 0.238. The number of morpholine rings is 1. The Morgan fingerprint density at radius 1 is 1.26 bits per heavy atom. The summed E-state index contributed by atoms with van der Waals surface area (Å²) in [6, 6.07) is 10.6. The van der Waals surface area contributed by atoms with Gasteiger partial charge in [-0.05, 0) is 23.0 Å². The molecule has 1 aliphatic heterocycles. The number of nitrogens with zero attached hydrogens (tertiary/aromatic N) is 3. The van der Waals surface area contributed by atoms with Crippen LogP contribution in [-0.2, 0) is 11.8 Å². The molecule has 0 bridgehead atoms. The second-order valence-electron chi connectivity index (χ2n) is 5.76. The molecule has 3 rings (SSSR count). The van der Waals surface area contributed by atoms with Crippen LogP contribution in [0.3, 0.4) is 0 Å². The Hall–Kier alpha value is -1.21. The molecule has 1 N–H and O–H groups in total. The molecule has 1 aliphatic rings. The van der Waals surface area contributed by atoms with Gasteiger partial charge in [0.15, 0.2) is 0 Å². The third-order valence-electron chi connectivity index (χ3n) is 4.28. The van der Waals surface area contributed by atoms with Crippen LogP contribution in [0.15, 0.2) is 34.9 Å². The minimum absolute atomic E-state index is 0.238. The van der Waals surface area contributed by atoms with Crippen LogP contribution in [-0.4, -0.2) is 54.3 Å². The van der Waals surface area contributed by atoms with E-state index in [1.165, 1.54) is 0 Å². The lowest BCUT2D eigenvalue weighted by atomic mass is 10.1. The molecule has 0 saturated carbocycles. The van der Waals surface area contributed by atoms with E-state index in [0.29, 0.717) is 0 Å². The van der Waals surface area contributed by atoms with Crippen molar-refractivity contribution < 1.29 is 4.74 Å². The number of hydrogen-bond donors (Lipinski definition) is 1. The largest absolute Gasteiger partial charge is 0.379 e. The van der Waals surface area contributed by atoms with Gasteiger partial charge in [-0.15, -0.1) is 0 Å². The number of halogens is 1. The first-order chi connectivity index (χ1) is 11.2. The van der Waals surface area contributed by atoms with E-state index in [1.54, 1.807) is 0 Å². The van der Waals surface area contributed by atoms with Crippen LogP contribution in [0.5, 0.6) is 0 Å². The van der Waals surface area contributed by atoms with Gasteiger partial charge < -0.3 is 14.6 Å². The zero-order chi connectivity index (χ0) is 16.2. The second kappa shape index (κ2) is 7.57. The van der Waals surface area contributed by atoms with Gasteiger partial charge in [-0.25, -0.2) is 4.98 Å². The maximum Gasteiger partial charge on any atom is 0.140 e. The molecule has 23 heavy (non-hydrogen) atoms. The molecule has 0 aliphatic carbocycles. The average molecular weight is 379 g/mol. The van der Waals surface area contributed by atoms with Gasteiger partial charge in [-0.2, -0.15) is 0 Å². The summed E-state index contributed by atoms with van der Waals surface area (Å²) < 4.78 is 8.66. The summed E-state index contributed by atoms with van der Waals surface area (Å²) in [5.74, 6) is 0.988. The van der Waals surface area contributed by atoms with Gasteiger partial charge in [0.1, 0.15) is 10.4 Å². The van der Waals surface area contributed by atoms with Crippen LogP contribution in [0.4, 0.5) is 0 Å². The zero-order valence-electron chi connectivity index (χ0n) is 13.6. The fraction of sp³-hybridized carbons (Fsp3) is 0.471. The summed E-state index contributed by atoms with van der Waals surface area (Å²) in [6.45, 7) is 4.32. The Morgan fingerprint density at radius 2 is 1.96 bits per heavy atom. The average Bonchev–Trinajstić information content (AvgIpc) is 2.90. The van der Waals surface area contributed by atoms with Crippen molar-refractivity contribution in [3.05, 3.63) is 40.6 Å². The van der Waals surface area contributed by atoms with Crippen molar-refractivity contribution in [1.29, 1.82) is 0 Å². The monoisotopic (exact) mass is 378 g/mol. The Kier molecular flexibility index (Phi) is 5.48. The number of ether oxygens (including phenoxy) is 1. The Labute approximate surface area is 145 Å². The van der Waals surface area contributed by atoms with Crippen molar-refractivity contribution >= 4 is 15.9 Å². The number of benzene rings is 1. The molecule has 1 fully saturated rings. The smallest absolute Gasteiger partial charge is 0.140 e. The highest BCUT2D eigenvalue weighted by molar-refractivity contribution is 9.10. The lowest BCUT2D eigenvalue weighted by Gasteiger charge is -2.33. The molecule has 1 aromatic heterocycles. The normalized spacial score (nSPS) is 17.3. The summed E-state index contributed by atoms with van der Waals surface area (Å²) in [5.41, 5.74) is 2.22. The summed E-state index contributed by atoms with van der Waals surface area (Å²) in [5, 5.41) is 3.31. The van der Waals surface area contributed by atoms with E-state index in [0.717, 1.165) is 54.5 Å². The first-order valence-corrected chi connectivity index (χ1v) is 8.75. The van der Waals surface area contributed by atoms with Crippen LogP contribution >= 0.6 is 15.9 Å². The molecule has 5 nitrogen and oxygen atoms in total. The third kappa shape index (κ3) is 3.50. The maximum absolute atomic E-state index is 5.49. The van der Waals surface area contributed by atoms with Crippen LogP contribution in [0.25, 0.3) is 11.4 Å². The van der Waals surface area contributed by atoms with Crippen molar-refractivity contribution in [2.24, 2.45) is 7.05 Å². The lowest BCUT2D eigenvalue weighted by Crippen LogP contribution is -2.42. The molecular formula is C17H23BrN4O. The quantitative estimate of drug-likeness (QED) is 0.867. The van der Waals surface area contributed by atoms with Gasteiger partial charge in [0, 0.05) is 32.2 Å². The SMILES string of the molecule is CNCC(c1nc(-c2ccccc2)n(C)c1Br)N1CCOCC1. The van der Waals surface area contributed by atoms with E-state index in [9.17, 15) is 0 Å². The Balaban J connectivity index is 1.96. The van der Waals surface area contributed by atoms with E-state index >= 15 is 0 Å². The first-order valence-electron chi connectivity index (χ1n) is 7.96. The molecule has 6 heteroatoms. The summed E-state index contributed by atoms with van der Waals surface area (Å²) in [6.07, 6.45) is 0. The van der Waals surface area contributed by atoms with Crippen molar-refractivity contribution in [2.75, 3.05) is 39.9 Å². The van der Waals surface area contributed by atoms with Gasteiger partial charge >= 0.3 is 0 Å². The van der Waals surface area contributed by atoms with Crippen molar-refractivity contribution in [3.63, 3.8) is 0 Å². The highest BCUT2D eigenvalue weighted by Crippen LogP contribution is 2.31. The van der Waals surface area contributed by atoms with E-state index in [2.05, 4.69) is 49.9 Å². The van der Waals surface area contributed by atoms with Gasteiger partial charge in [-0.1, -0.05) is 30.3 Å². The lowest BCUT2D eigenvalue weighted by molar-refractivity contribution is 0.0156. The summed E-state index contributed by atoms with van der Waals surface area (Å²) in [7, 11) is 4.04. The summed E-state index contributed by atoms with van der Waals surface area (Å²) in [4.78, 5) is 7.41. The molecule has 1 saturated heterocycles. The molecule has 2 heterocycles. The Morgan fingerprint density at radius 3 is 2.61 bits per heavy atom. The van der Waals surface area contributed by atoms with Gasteiger partial charge in [-0.3, -0.25) is 4.90 Å². The molecular weight excluding hydrogens is 356 g/mol. The minimum Gasteiger partial charge on any atom is -0.379 e. The zero-order valence-corrected chi connectivity index (χ0v) is 15.2. The molecule has 1 aromatic carbocycles. The van der Waals surface area contributed by atoms with Crippen molar-refractivity contribution in [2.45, 2.75) is 6.04 Å². The Bertz CT molecular complexity index is 638. The van der Waals surface area contributed by atoms with E-state index in [4.69, 9.17) is 9.72 Å². The molecule has 0 spiro atoms. The number of rotatable bonds is 5. The number of nitrogens with one attached hydrogen (secondary N) is 1. The van der Waals surface area contributed by atoms with Crippen LogP contribution in [0, 0.1) is 0 Å². The summed E-state index contributed by atoms with van der Waals surface area (Å²) >= 11 is 3.75. The van der Waals surface area contributed by atoms with Crippen LogP contribution in [0.2, 0.25) is 0 Å². The highest BCUT2D eigenvalue weighted by atomic mass is 79.9. The third-order valence-corrected chi connectivity index (χ3v) is 5.22. The van der Waals surface area contributed by atoms with Crippen LogP contribution in [0.1, 0.15) is 11.7 Å². The number of imidazole rings is 1. The molecule has 1 atom stereocenters. The van der Waals surface area contributed by atoms with Crippen molar-refractivity contribution in [1.82, 2.24) is 19.8 Å². The van der Waals surface area contributed by atoms with Gasteiger partial charge in [0.25, 0.3) is 0 Å². The van der Waals surface area contributed by atoms with Crippen LogP contribution < -0.4 is 5.32 Å². The second-order valence-corrected chi connectivity index (χ2v) is 6.51. The number of aromatic nitrogens is 2. The van der Waals surface area contributed by atoms with Gasteiger partial charge in [0.05, 0.1) is 24.9 Å². The molecule has 2 aromatic rings. The fourth-order valence-electron chi connectivity index (χ4n) is 3.04. The molecule has 0 radical (unpaired) electrons. The fourth-order valence-corrected chi connectivity index (χ4v) is 3.56. The highest BCUT2D eigenvalue weighted by Gasteiger charge is 2.28. The molecule has 124 valence electrons. The topological polar surface area (TPSA) is 42.3 Å². The predicted molar refractivity (Wildman–Crippen MR) is 95.4 cm³/mol. The number of likely N-dealkylation sites (N-methyl/N-ethyl adjacent to an activating group) is 1. The molecule has 1 unspecified atom stereocenters. The predicted octanol–water partition coefficient (Wildman–Crippen LogP) is 2.44. The standard InChI is InChI=1S/C17H23BrN4O/c1-19-12-14(22-8-10-23-11-9-22)15-16(18)21(2)17(20-15)13-6-4-3-5-7-13/h3-7,14,19H,8-12H2,1-2H3. The van der Waals surface area contributed by atoms with E-state index in [1.807, 2.05) is 25.2 Å². The molecule has 0 amide bonds. The van der Waals surface area contributed by atoms with Gasteiger partial charge in [0.2, 0.25) is 0 Å². The van der Waals surface area contributed by atoms with E-state index in [-0.39, 0.29) is 6.04 Å².